The van der Waals surface area contributed by atoms with E-state index in [-0.39, 0.29) is 5.38 Å². The molecule has 0 aliphatic heterocycles. The third kappa shape index (κ3) is 2.18. The molecule has 1 saturated carbocycles. The predicted octanol–water partition coefficient (Wildman–Crippen LogP) is 4.71. The number of nitrogens with zero attached hydrogens (tertiary/aromatic N) is 2. The molecule has 3 nitrogen and oxygen atoms in total. The van der Waals surface area contributed by atoms with Gasteiger partial charge in [-0.25, -0.2) is 4.98 Å². The first kappa shape index (κ1) is 13.7. The molecule has 1 aromatic heterocycles. The molecule has 3 rings (SSSR count). The maximum absolute atomic E-state index is 6.35. The summed E-state index contributed by atoms with van der Waals surface area (Å²) in [4.78, 5) is 4.74. The fourth-order valence-electron chi connectivity index (χ4n) is 3.13. The first-order valence-corrected chi connectivity index (χ1v) is 7.79. The summed E-state index contributed by atoms with van der Waals surface area (Å²) in [5.41, 5.74) is 2.08. The fourth-order valence-corrected chi connectivity index (χ4v) is 3.29. The van der Waals surface area contributed by atoms with Crippen molar-refractivity contribution in [2.75, 3.05) is 7.11 Å². The Bertz CT molecular complexity index is 620. The number of imidazole rings is 1. The first-order valence-electron chi connectivity index (χ1n) is 7.36. The number of hydrogen-bond acceptors (Lipinski definition) is 2. The Hall–Kier alpha value is -1.22. The Morgan fingerprint density at radius 1 is 1.50 bits per heavy atom. The van der Waals surface area contributed by atoms with Gasteiger partial charge in [0, 0.05) is 6.04 Å². The lowest BCUT2D eigenvalue weighted by molar-refractivity contribution is 0.419. The number of alkyl halides is 1. The standard InChI is InChI=1S/C16H21ClN2O/c1-4-6-11-9-13(11)19-12-7-5-8-14(20-3)15(12)18-16(19)10(2)17/h5,7-8,10-11,13H,4,6,9H2,1-3H3. The van der Waals surface area contributed by atoms with Gasteiger partial charge in [0.15, 0.2) is 0 Å². The molecule has 3 atom stereocenters. The van der Waals surface area contributed by atoms with Gasteiger partial charge in [0.2, 0.25) is 0 Å². The second-order valence-electron chi connectivity index (χ2n) is 5.64. The molecular formula is C16H21ClN2O. The summed E-state index contributed by atoms with van der Waals surface area (Å²) in [5, 5.41) is -0.0880. The molecule has 0 saturated heterocycles. The lowest BCUT2D eigenvalue weighted by atomic mass is 10.2. The molecule has 0 bridgehead atoms. The van der Waals surface area contributed by atoms with Crippen LogP contribution in [0, 0.1) is 5.92 Å². The van der Waals surface area contributed by atoms with E-state index < -0.39 is 0 Å². The number of aromatic nitrogens is 2. The van der Waals surface area contributed by atoms with Crippen LogP contribution in [0.5, 0.6) is 5.75 Å². The van der Waals surface area contributed by atoms with E-state index in [0.717, 1.165) is 28.5 Å². The molecule has 1 aromatic carbocycles. The van der Waals surface area contributed by atoms with Crippen molar-refractivity contribution >= 4 is 22.6 Å². The van der Waals surface area contributed by atoms with Gasteiger partial charge in [-0.1, -0.05) is 19.4 Å². The minimum absolute atomic E-state index is 0.0880. The van der Waals surface area contributed by atoms with Crippen molar-refractivity contribution in [3.05, 3.63) is 24.0 Å². The summed E-state index contributed by atoms with van der Waals surface area (Å²) >= 11 is 6.35. The normalized spacial score (nSPS) is 23.0. The zero-order chi connectivity index (χ0) is 14.3. The van der Waals surface area contributed by atoms with Crippen molar-refractivity contribution in [3.8, 4) is 5.75 Å². The molecule has 0 radical (unpaired) electrons. The number of methoxy groups -OCH3 is 1. The van der Waals surface area contributed by atoms with Gasteiger partial charge in [0.25, 0.3) is 0 Å². The minimum Gasteiger partial charge on any atom is -0.494 e. The van der Waals surface area contributed by atoms with Crippen LogP contribution in [-0.4, -0.2) is 16.7 Å². The Labute approximate surface area is 124 Å². The summed E-state index contributed by atoms with van der Waals surface area (Å²) in [6, 6.07) is 6.66. The monoisotopic (exact) mass is 292 g/mol. The summed E-state index contributed by atoms with van der Waals surface area (Å²) in [6.45, 7) is 4.23. The predicted molar refractivity (Wildman–Crippen MR) is 82.6 cm³/mol. The highest BCUT2D eigenvalue weighted by molar-refractivity contribution is 6.20. The smallest absolute Gasteiger partial charge is 0.146 e. The van der Waals surface area contributed by atoms with Crippen LogP contribution >= 0.6 is 11.6 Å². The Morgan fingerprint density at radius 3 is 2.95 bits per heavy atom. The van der Waals surface area contributed by atoms with Crippen LogP contribution in [0.25, 0.3) is 11.0 Å². The van der Waals surface area contributed by atoms with Gasteiger partial charge in [-0.3, -0.25) is 0 Å². The van der Waals surface area contributed by atoms with Crippen LogP contribution in [0.4, 0.5) is 0 Å². The summed E-state index contributed by atoms with van der Waals surface area (Å²) < 4.78 is 7.77. The molecular weight excluding hydrogens is 272 g/mol. The number of fused-ring (bicyclic) bond motifs is 1. The quantitative estimate of drug-likeness (QED) is 0.747. The van der Waals surface area contributed by atoms with E-state index in [1.165, 1.54) is 19.3 Å². The molecule has 0 amide bonds. The van der Waals surface area contributed by atoms with E-state index in [4.69, 9.17) is 21.3 Å². The SMILES string of the molecule is CCCC1CC1n1c(C(C)Cl)nc2c(OC)cccc21. The number of hydrogen-bond donors (Lipinski definition) is 0. The van der Waals surface area contributed by atoms with Crippen molar-refractivity contribution in [1.29, 1.82) is 0 Å². The van der Waals surface area contributed by atoms with Gasteiger partial charge in [-0.2, -0.15) is 0 Å². The number of halogens is 1. The zero-order valence-corrected chi connectivity index (χ0v) is 13.0. The maximum atomic E-state index is 6.35. The van der Waals surface area contributed by atoms with Crippen LogP contribution < -0.4 is 4.74 Å². The van der Waals surface area contributed by atoms with Crippen LogP contribution in [0.3, 0.4) is 0 Å². The van der Waals surface area contributed by atoms with Gasteiger partial charge in [-0.05, 0) is 37.8 Å². The molecule has 0 N–H and O–H groups in total. The topological polar surface area (TPSA) is 27.1 Å². The number of benzene rings is 1. The lowest BCUT2D eigenvalue weighted by Gasteiger charge is -2.10. The first-order chi connectivity index (χ1) is 9.67. The molecule has 1 aliphatic carbocycles. The van der Waals surface area contributed by atoms with E-state index >= 15 is 0 Å². The van der Waals surface area contributed by atoms with Crippen molar-refractivity contribution in [2.24, 2.45) is 5.92 Å². The van der Waals surface area contributed by atoms with Gasteiger partial charge < -0.3 is 9.30 Å². The Morgan fingerprint density at radius 2 is 2.30 bits per heavy atom. The highest BCUT2D eigenvalue weighted by Gasteiger charge is 2.40. The molecule has 3 unspecified atom stereocenters. The van der Waals surface area contributed by atoms with Crippen LogP contribution in [0.1, 0.15) is 50.4 Å². The highest BCUT2D eigenvalue weighted by Crippen LogP contribution is 2.49. The summed E-state index contributed by atoms with van der Waals surface area (Å²) in [5.74, 6) is 2.57. The third-order valence-electron chi connectivity index (χ3n) is 4.16. The van der Waals surface area contributed by atoms with Crippen molar-refractivity contribution in [1.82, 2.24) is 9.55 Å². The van der Waals surface area contributed by atoms with Crippen LogP contribution in [0.2, 0.25) is 0 Å². The van der Waals surface area contributed by atoms with E-state index in [1.807, 2.05) is 19.1 Å². The Balaban J connectivity index is 2.11. The molecule has 4 heteroatoms. The van der Waals surface area contributed by atoms with Crippen LogP contribution in [-0.2, 0) is 0 Å². The largest absolute Gasteiger partial charge is 0.494 e. The Kier molecular flexibility index (Phi) is 3.63. The average Bonchev–Trinajstić information content (AvgIpc) is 3.07. The summed E-state index contributed by atoms with van der Waals surface area (Å²) in [6.07, 6.45) is 3.76. The van der Waals surface area contributed by atoms with E-state index in [2.05, 4.69) is 17.6 Å². The van der Waals surface area contributed by atoms with Crippen molar-refractivity contribution in [3.63, 3.8) is 0 Å². The van der Waals surface area contributed by atoms with E-state index in [0.29, 0.717) is 6.04 Å². The van der Waals surface area contributed by atoms with Crippen molar-refractivity contribution in [2.45, 2.75) is 44.5 Å². The number of para-hydroxylation sites is 1. The van der Waals surface area contributed by atoms with Crippen LogP contribution in [0.15, 0.2) is 18.2 Å². The third-order valence-corrected chi connectivity index (χ3v) is 4.36. The van der Waals surface area contributed by atoms with E-state index in [1.54, 1.807) is 7.11 Å². The molecule has 108 valence electrons. The second-order valence-corrected chi connectivity index (χ2v) is 6.29. The minimum atomic E-state index is -0.0880. The van der Waals surface area contributed by atoms with Gasteiger partial charge in [0.1, 0.15) is 17.1 Å². The zero-order valence-electron chi connectivity index (χ0n) is 12.3. The molecule has 1 fully saturated rings. The van der Waals surface area contributed by atoms with Gasteiger partial charge in [-0.15, -0.1) is 11.6 Å². The second kappa shape index (κ2) is 5.28. The maximum Gasteiger partial charge on any atom is 0.146 e. The fraction of sp³-hybridized carbons (Fsp3) is 0.562. The molecule has 1 aliphatic rings. The molecule has 0 spiro atoms. The molecule has 1 heterocycles. The van der Waals surface area contributed by atoms with E-state index in [9.17, 15) is 0 Å². The van der Waals surface area contributed by atoms with Crippen molar-refractivity contribution < 1.29 is 4.74 Å². The highest BCUT2D eigenvalue weighted by atomic mass is 35.5. The lowest BCUT2D eigenvalue weighted by Crippen LogP contribution is -2.03. The summed E-state index contributed by atoms with van der Waals surface area (Å²) in [7, 11) is 1.69. The molecule has 2 aromatic rings. The number of ether oxygens (including phenoxy) is 1. The number of rotatable bonds is 5. The molecule has 20 heavy (non-hydrogen) atoms. The van der Waals surface area contributed by atoms with Gasteiger partial charge in [0.05, 0.1) is 18.0 Å². The average molecular weight is 293 g/mol. The van der Waals surface area contributed by atoms with Gasteiger partial charge >= 0.3 is 0 Å².